The van der Waals surface area contributed by atoms with Gasteiger partial charge in [-0.3, -0.25) is 0 Å². The molecular weight excluding hydrogens is 288 g/mol. The topological polar surface area (TPSA) is 69.9 Å². The summed E-state index contributed by atoms with van der Waals surface area (Å²) in [5, 5.41) is 8.61. The molecule has 0 fully saturated rings. The van der Waals surface area contributed by atoms with Gasteiger partial charge in [-0.2, -0.15) is 9.78 Å². The van der Waals surface area contributed by atoms with Crippen molar-refractivity contribution in [3.63, 3.8) is 0 Å². The van der Waals surface area contributed by atoms with Crippen LogP contribution in [0.4, 0.5) is 5.82 Å². The van der Waals surface area contributed by atoms with Crippen LogP contribution in [-0.4, -0.2) is 14.9 Å². The Bertz CT molecular complexity index is 926. The third kappa shape index (κ3) is 2.48. The van der Waals surface area contributed by atoms with Gasteiger partial charge in [-0.15, -0.1) is 0 Å². The molecule has 2 heterocycles. The van der Waals surface area contributed by atoms with Crippen molar-refractivity contribution in [2.45, 2.75) is 0 Å². The van der Waals surface area contributed by atoms with E-state index in [0.29, 0.717) is 11.7 Å². The summed E-state index contributed by atoms with van der Waals surface area (Å²) in [6.45, 7) is 0. The van der Waals surface area contributed by atoms with Gasteiger partial charge in [-0.25, -0.2) is 0 Å². The van der Waals surface area contributed by atoms with Gasteiger partial charge in [0.15, 0.2) is 0 Å². The van der Waals surface area contributed by atoms with Crippen LogP contribution in [0.5, 0.6) is 0 Å². The van der Waals surface area contributed by atoms with E-state index in [1.165, 1.54) is 0 Å². The van der Waals surface area contributed by atoms with Gasteiger partial charge in [0.25, 0.3) is 5.88 Å². The van der Waals surface area contributed by atoms with Crippen molar-refractivity contribution < 1.29 is 4.52 Å². The summed E-state index contributed by atoms with van der Waals surface area (Å²) < 4.78 is 6.96. The number of nitrogens with zero attached hydrogens (tertiary/aromatic N) is 3. The average molecular weight is 302 g/mol. The first-order valence-corrected chi connectivity index (χ1v) is 7.25. The Morgan fingerprint density at radius 3 is 2.04 bits per heavy atom. The molecule has 4 aromatic rings. The molecule has 0 bridgehead atoms. The van der Waals surface area contributed by atoms with E-state index in [1.807, 2.05) is 72.8 Å². The minimum absolute atomic E-state index is 0.489. The fourth-order valence-electron chi connectivity index (χ4n) is 2.43. The number of nitrogen functional groups attached to an aromatic ring is 1. The van der Waals surface area contributed by atoms with Crippen LogP contribution in [0.15, 0.2) is 77.3 Å². The van der Waals surface area contributed by atoms with Gasteiger partial charge in [-0.1, -0.05) is 65.8 Å². The Kier molecular flexibility index (Phi) is 3.16. The number of nitrogens with two attached hydrogens (primary N) is 1. The highest BCUT2D eigenvalue weighted by atomic mass is 16.5. The fourth-order valence-corrected chi connectivity index (χ4v) is 2.43. The van der Waals surface area contributed by atoms with Crippen LogP contribution >= 0.6 is 0 Å². The molecule has 0 amide bonds. The van der Waals surface area contributed by atoms with Gasteiger partial charge in [0.05, 0.1) is 5.69 Å². The van der Waals surface area contributed by atoms with E-state index in [9.17, 15) is 0 Å². The molecule has 5 nitrogen and oxygen atoms in total. The zero-order valence-corrected chi connectivity index (χ0v) is 12.3. The smallest absolute Gasteiger partial charge is 0.254 e. The maximum Gasteiger partial charge on any atom is 0.254 e. The summed E-state index contributed by atoms with van der Waals surface area (Å²) in [7, 11) is 0. The summed E-state index contributed by atoms with van der Waals surface area (Å²) >= 11 is 0. The van der Waals surface area contributed by atoms with Crippen LogP contribution in [0.3, 0.4) is 0 Å². The fraction of sp³-hybridized carbons (Fsp3) is 0. The number of aromatic nitrogens is 3. The lowest BCUT2D eigenvalue weighted by Crippen LogP contribution is -2.00. The molecular formula is C18H14N4O. The Morgan fingerprint density at radius 2 is 1.39 bits per heavy atom. The zero-order chi connectivity index (χ0) is 15.6. The molecule has 0 atom stereocenters. The third-order valence-corrected chi connectivity index (χ3v) is 3.58. The van der Waals surface area contributed by atoms with Crippen molar-refractivity contribution in [2.75, 3.05) is 5.73 Å². The molecule has 2 aromatic carbocycles. The second kappa shape index (κ2) is 5.46. The van der Waals surface area contributed by atoms with Crippen molar-refractivity contribution in [1.82, 2.24) is 14.9 Å². The van der Waals surface area contributed by atoms with Crippen molar-refractivity contribution in [2.24, 2.45) is 0 Å². The van der Waals surface area contributed by atoms with E-state index in [2.05, 4.69) is 10.3 Å². The number of rotatable bonds is 3. The monoisotopic (exact) mass is 302 g/mol. The zero-order valence-electron chi connectivity index (χ0n) is 12.3. The molecule has 4 rings (SSSR count). The Labute approximate surface area is 133 Å². The van der Waals surface area contributed by atoms with E-state index in [0.717, 1.165) is 22.5 Å². The summed E-state index contributed by atoms with van der Waals surface area (Å²) in [4.78, 5) is 0. The van der Waals surface area contributed by atoms with Gasteiger partial charge in [-0.05, 0) is 0 Å². The molecule has 0 unspecified atom stereocenters. The second-order valence-electron chi connectivity index (χ2n) is 5.15. The first-order valence-electron chi connectivity index (χ1n) is 7.25. The van der Waals surface area contributed by atoms with Crippen molar-refractivity contribution in [3.8, 4) is 28.4 Å². The van der Waals surface area contributed by atoms with Crippen LogP contribution in [0.2, 0.25) is 0 Å². The highest BCUT2D eigenvalue weighted by Crippen LogP contribution is 2.25. The SMILES string of the molecule is Nc1cc(-c2ccccc2)nn1-c1cc(-c2ccccc2)no1. The third-order valence-electron chi connectivity index (χ3n) is 3.58. The first kappa shape index (κ1) is 13.3. The summed E-state index contributed by atoms with van der Waals surface area (Å²) in [5.41, 5.74) is 9.59. The largest absolute Gasteiger partial charge is 0.383 e. The van der Waals surface area contributed by atoms with Crippen molar-refractivity contribution >= 4 is 5.82 Å². The van der Waals surface area contributed by atoms with Gasteiger partial charge in [0.1, 0.15) is 11.5 Å². The van der Waals surface area contributed by atoms with Gasteiger partial charge >= 0.3 is 0 Å². The second-order valence-corrected chi connectivity index (χ2v) is 5.15. The normalized spacial score (nSPS) is 10.8. The molecule has 0 spiro atoms. The lowest BCUT2D eigenvalue weighted by atomic mass is 10.2. The Hall–Kier alpha value is -3.34. The lowest BCUT2D eigenvalue weighted by molar-refractivity contribution is 0.402. The van der Waals surface area contributed by atoms with Crippen LogP contribution in [0.1, 0.15) is 0 Å². The molecule has 2 aromatic heterocycles. The maximum atomic E-state index is 6.07. The molecule has 5 heteroatoms. The minimum atomic E-state index is 0.489. The lowest BCUT2D eigenvalue weighted by Gasteiger charge is -1.96. The average Bonchev–Trinajstić information content (AvgIpc) is 3.23. The number of hydrogen-bond acceptors (Lipinski definition) is 4. The molecule has 0 radical (unpaired) electrons. The highest BCUT2D eigenvalue weighted by Gasteiger charge is 2.13. The molecule has 0 aliphatic carbocycles. The predicted molar refractivity (Wildman–Crippen MR) is 88.9 cm³/mol. The molecule has 112 valence electrons. The summed E-state index contributed by atoms with van der Waals surface area (Å²) in [6.07, 6.45) is 0. The predicted octanol–water partition coefficient (Wildman–Crippen LogP) is 3.78. The maximum absolute atomic E-state index is 6.07. The standard InChI is InChI=1S/C18H14N4O/c19-17-11-15(13-7-3-1-4-8-13)20-22(17)18-12-16(21-23-18)14-9-5-2-6-10-14/h1-12H,19H2. The highest BCUT2D eigenvalue weighted by molar-refractivity contribution is 5.64. The first-order chi connectivity index (χ1) is 11.3. The van der Waals surface area contributed by atoms with E-state index in [-0.39, 0.29) is 0 Å². The van der Waals surface area contributed by atoms with Crippen molar-refractivity contribution in [1.29, 1.82) is 0 Å². The molecule has 2 N–H and O–H groups in total. The van der Waals surface area contributed by atoms with E-state index < -0.39 is 0 Å². The van der Waals surface area contributed by atoms with E-state index >= 15 is 0 Å². The van der Waals surface area contributed by atoms with Gasteiger partial charge in [0, 0.05) is 23.3 Å². The molecule has 0 aliphatic heterocycles. The molecule has 23 heavy (non-hydrogen) atoms. The van der Waals surface area contributed by atoms with Crippen LogP contribution in [0.25, 0.3) is 28.4 Å². The number of hydrogen-bond donors (Lipinski definition) is 1. The summed E-state index contributed by atoms with van der Waals surface area (Å²) in [5.74, 6) is 0.989. The Morgan fingerprint density at radius 1 is 0.783 bits per heavy atom. The van der Waals surface area contributed by atoms with Crippen LogP contribution in [0, 0.1) is 0 Å². The molecule has 0 saturated heterocycles. The van der Waals surface area contributed by atoms with E-state index in [1.54, 1.807) is 4.68 Å². The van der Waals surface area contributed by atoms with Crippen LogP contribution in [-0.2, 0) is 0 Å². The van der Waals surface area contributed by atoms with Crippen molar-refractivity contribution in [3.05, 3.63) is 72.8 Å². The van der Waals surface area contributed by atoms with E-state index in [4.69, 9.17) is 10.3 Å². The van der Waals surface area contributed by atoms with Gasteiger partial charge < -0.3 is 10.3 Å². The van der Waals surface area contributed by atoms with Crippen LogP contribution < -0.4 is 5.73 Å². The summed E-state index contributed by atoms with van der Waals surface area (Å²) in [6, 6.07) is 23.3. The number of benzene rings is 2. The quantitative estimate of drug-likeness (QED) is 0.625. The Balaban J connectivity index is 1.72. The molecule has 0 aliphatic rings. The minimum Gasteiger partial charge on any atom is -0.383 e. The van der Waals surface area contributed by atoms with Gasteiger partial charge in [0.2, 0.25) is 0 Å². The number of anilines is 1. The molecule has 0 saturated carbocycles.